The highest BCUT2D eigenvalue weighted by atomic mass is 15.1. The van der Waals surface area contributed by atoms with Gasteiger partial charge >= 0.3 is 0 Å². The van der Waals surface area contributed by atoms with Crippen LogP contribution in [-0.2, 0) is 6.54 Å². The molecule has 3 nitrogen and oxygen atoms in total. The van der Waals surface area contributed by atoms with Crippen LogP contribution in [0.1, 0.15) is 62.9 Å². The van der Waals surface area contributed by atoms with Crippen molar-refractivity contribution in [2.75, 3.05) is 5.73 Å². The summed E-state index contributed by atoms with van der Waals surface area (Å²) in [6.45, 7) is 5.24. The zero-order chi connectivity index (χ0) is 11.5. The van der Waals surface area contributed by atoms with E-state index < -0.39 is 0 Å². The maximum absolute atomic E-state index is 6.22. The van der Waals surface area contributed by atoms with Crippen molar-refractivity contribution in [1.82, 2.24) is 9.55 Å². The monoisotopic (exact) mass is 221 g/mol. The fourth-order valence-electron chi connectivity index (χ4n) is 2.79. The molecule has 2 N–H and O–H groups in total. The zero-order valence-corrected chi connectivity index (χ0v) is 10.5. The molecule has 90 valence electrons. The Morgan fingerprint density at radius 2 is 2.00 bits per heavy atom. The molecule has 1 aliphatic rings. The molecule has 1 aromatic rings. The smallest absolute Gasteiger partial charge is 0.127 e. The van der Waals surface area contributed by atoms with Crippen LogP contribution in [0.2, 0.25) is 0 Å². The summed E-state index contributed by atoms with van der Waals surface area (Å²) in [5, 5.41) is 0. The van der Waals surface area contributed by atoms with Gasteiger partial charge in [-0.1, -0.05) is 26.2 Å². The summed E-state index contributed by atoms with van der Waals surface area (Å²) in [5.41, 5.74) is 7.39. The van der Waals surface area contributed by atoms with Gasteiger partial charge < -0.3 is 10.3 Å². The van der Waals surface area contributed by atoms with E-state index in [1.165, 1.54) is 37.8 Å². The molecular formula is C13H23N3. The molecule has 1 aromatic heterocycles. The Bertz CT molecular complexity index is 348. The lowest BCUT2D eigenvalue weighted by Gasteiger charge is -2.20. The number of aromatic nitrogens is 2. The Morgan fingerprint density at radius 1 is 1.31 bits per heavy atom. The van der Waals surface area contributed by atoms with E-state index in [4.69, 9.17) is 10.7 Å². The average molecular weight is 221 g/mol. The van der Waals surface area contributed by atoms with Gasteiger partial charge in [-0.3, -0.25) is 0 Å². The first-order chi connectivity index (χ1) is 7.74. The normalized spacial score (nSPS) is 17.9. The summed E-state index contributed by atoms with van der Waals surface area (Å²) < 4.78 is 2.17. The van der Waals surface area contributed by atoms with Gasteiger partial charge in [-0.25, -0.2) is 4.98 Å². The first kappa shape index (κ1) is 11.5. The van der Waals surface area contributed by atoms with Crippen molar-refractivity contribution in [3.8, 4) is 0 Å². The maximum Gasteiger partial charge on any atom is 0.127 e. The molecule has 0 aromatic carbocycles. The Balaban J connectivity index is 2.23. The number of aryl methyl sites for hydroxylation is 1. The van der Waals surface area contributed by atoms with Crippen LogP contribution in [0.3, 0.4) is 0 Å². The predicted octanol–water partition coefficient (Wildman–Crippen LogP) is 3.23. The summed E-state index contributed by atoms with van der Waals surface area (Å²) in [4.78, 5) is 4.69. The molecule has 3 heteroatoms. The van der Waals surface area contributed by atoms with Crippen molar-refractivity contribution >= 4 is 5.82 Å². The van der Waals surface area contributed by atoms with Crippen LogP contribution in [0.4, 0.5) is 5.82 Å². The Kier molecular flexibility index (Phi) is 3.52. The van der Waals surface area contributed by atoms with Crippen LogP contribution in [0, 0.1) is 6.92 Å². The van der Waals surface area contributed by atoms with Gasteiger partial charge in [0.05, 0.1) is 5.69 Å². The van der Waals surface area contributed by atoms with E-state index in [-0.39, 0.29) is 0 Å². The molecule has 0 aliphatic heterocycles. The number of rotatable bonds is 3. The van der Waals surface area contributed by atoms with E-state index in [1.54, 1.807) is 0 Å². The highest BCUT2D eigenvalue weighted by Gasteiger charge is 2.22. The number of nitrogens with two attached hydrogens (primary N) is 1. The molecule has 1 heterocycles. The molecule has 1 aliphatic carbocycles. The van der Waals surface area contributed by atoms with Gasteiger partial charge in [0.25, 0.3) is 0 Å². The number of imidazole rings is 1. The highest BCUT2D eigenvalue weighted by Crippen LogP contribution is 2.35. The average Bonchev–Trinajstić information content (AvgIpc) is 2.59. The number of nitrogens with zero attached hydrogens (tertiary/aromatic N) is 2. The SMILES string of the molecule is CCCn1c(C)nc(C2CCCCC2)c1N. The van der Waals surface area contributed by atoms with Gasteiger partial charge in [-0.2, -0.15) is 0 Å². The Hall–Kier alpha value is -0.990. The molecule has 1 fully saturated rings. The molecule has 2 rings (SSSR count). The molecule has 0 bridgehead atoms. The first-order valence-corrected chi connectivity index (χ1v) is 6.56. The third kappa shape index (κ3) is 2.08. The second-order valence-electron chi connectivity index (χ2n) is 4.92. The molecular weight excluding hydrogens is 198 g/mol. The van der Waals surface area contributed by atoms with Crippen LogP contribution in [0.15, 0.2) is 0 Å². The second kappa shape index (κ2) is 4.89. The molecule has 0 spiro atoms. The van der Waals surface area contributed by atoms with Crippen molar-refractivity contribution in [2.45, 2.75) is 64.8 Å². The summed E-state index contributed by atoms with van der Waals surface area (Å²) in [6.07, 6.45) is 7.71. The summed E-state index contributed by atoms with van der Waals surface area (Å²) in [5.74, 6) is 2.62. The largest absolute Gasteiger partial charge is 0.384 e. The summed E-state index contributed by atoms with van der Waals surface area (Å²) in [6, 6.07) is 0. The third-order valence-electron chi connectivity index (χ3n) is 3.67. The molecule has 0 radical (unpaired) electrons. The van der Waals surface area contributed by atoms with E-state index in [9.17, 15) is 0 Å². The predicted molar refractivity (Wildman–Crippen MR) is 67.5 cm³/mol. The summed E-state index contributed by atoms with van der Waals surface area (Å²) in [7, 11) is 0. The fourth-order valence-corrected chi connectivity index (χ4v) is 2.79. The van der Waals surface area contributed by atoms with Crippen molar-refractivity contribution in [1.29, 1.82) is 0 Å². The van der Waals surface area contributed by atoms with E-state index in [1.807, 2.05) is 0 Å². The van der Waals surface area contributed by atoms with E-state index in [0.717, 1.165) is 24.6 Å². The second-order valence-corrected chi connectivity index (χ2v) is 4.92. The number of anilines is 1. The zero-order valence-electron chi connectivity index (χ0n) is 10.5. The highest BCUT2D eigenvalue weighted by molar-refractivity contribution is 5.40. The van der Waals surface area contributed by atoms with Gasteiger partial charge in [-0.15, -0.1) is 0 Å². The van der Waals surface area contributed by atoms with Crippen LogP contribution >= 0.6 is 0 Å². The first-order valence-electron chi connectivity index (χ1n) is 6.56. The number of hydrogen-bond acceptors (Lipinski definition) is 2. The van der Waals surface area contributed by atoms with Crippen molar-refractivity contribution in [2.24, 2.45) is 0 Å². The number of nitrogen functional groups attached to an aromatic ring is 1. The third-order valence-corrected chi connectivity index (χ3v) is 3.67. The fraction of sp³-hybridized carbons (Fsp3) is 0.769. The minimum absolute atomic E-state index is 0.616. The molecule has 0 amide bonds. The quantitative estimate of drug-likeness (QED) is 0.851. The molecule has 0 saturated heterocycles. The van der Waals surface area contributed by atoms with Gasteiger partial charge in [0.2, 0.25) is 0 Å². The Labute approximate surface area is 98.1 Å². The van der Waals surface area contributed by atoms with Crippen LogP contribution < -0.4 is 5.73 Å². The molecule has 0 unspecified atom stereocenters. The van der Waals surface area contributed by atoms with Crippen LogP contribution in [0.5, 0.6) is 0 Å². The van der Waals surface area contributed by atoms with Gasteiger partial charge in [0.15, 0.2) is 0 Å². The van der Waals surface area contributed by atoms with E-state index >= 15 is 0 Å². The molecule has 16 heavy (non-hydrogen) atoms. The minimum Gasteiger partial charge on any atom is -0.384 e. The maximum atomic E-state index is 6.22. The summed E-state index contributed by atoms with van der Waals surface area (Å²) >= 11 is 0. The van der Waals surface area contributed by atoms with Crippen molar-refractivity contribution in [3.05, 3.63) is 11.5 Å². The minimum atomic E-state index is 0.616. The van der Waals surface area contributed by atoms with Gasteiger partial charge in [0, 0.05) is 12.5 Å². The lowest BCUT2D eigenvalue weighted by atomic mass is 9.87. The lowest BCUT2D eigenvalue weighted by Crippen LogP contribution is -2.09. The Morgan fingerprint density at radius 3 is 2.62 bits per heavy atom. The van der Waals surface area contributed by atoms with Crippen molar-refractivity contribution < 1.29 is 0 Å². The molecule has 1 saturated carbocycles. The molecule has 0 atom stereocenters. The van der Waals surface area contributed by atoms with E-state index in [0.29, 0.717) is 5.92 Å². The standard InChI is InChI=1S/C13H23N3/c1-3-9-16-10(2)15-12(13(16)14)11-7-5-4-6-8-11/h11H,3-9,14H2,1-2H3. The van der Waals surface area contributed by atoms with Crippen LogP contribution in [0.25, 0.3) is 0 Å². The number of hydrogen-bond donors (Lipinski definition) is 1. The van der Waals surface area contributed by atoms with Crippen molar-refractivity contribution in [3.63, 3.8) is 0 Å². The van der Waals surface area contributed by atoms with Crippen LogP contribution in [-0.4, -0.2) is 9.55 Å². The topological polar surface area (TPSA) is 43.8 Å². The van der Waals surface area contributed by atoms with Gasteiger partial charge in [0.1, 0.15) is 11.6 Å². The van der Waals surface area contributed by atoms with E-state index in [2.05, 4.69) is 18.4 Å². The lowest BCUT2D eigenvalue weighted by molar-refractivity contribution is 0.438. The van der Waals surface area contributed by atoms with Gasteiger partial charge in [-0.05, 0) is 26.2 Å².